The van der Waals surface area contributed by atoms with Crippen LogP contribution in [0.5, 0.6) is 5.75 Å². The Balaban J connectivity index is 1.88. The molecule has 0 aliphatic rings. The Hall–Kier alpha value is -3.03. The molecule has 3 rings (SSSR count). The normalized spacial score (nSPS) is 12.0. The number of hydrogen-bond acceptors (Lipinski definition) is 4. The number of aliphatic imine (C=N–C) groups is 1. The SMILES string of the molecule is CCN(C)C=Nc1ccc2c(c1)cc(C)n2C=C(COc1c(F)cccc1Cl)NOC. The minimum absolute atomic E-state index is 0.00149. The van der Waals surface area contributed by atoms with Gasteiger partial charge in [0.25, 0.3) is 0 Å². The molecular formula is C23H26ClFN4O2. The van der Waals surface area contributed by atoms with Gasteiger partial charge in [-0.25, -0.2) is 9.38 Å². The molecule has 0 aliphatic heterocycles. The van der Waals surface area contributed by atoms with Gasteiger partial charge in [0.05, 0.1) is 35.4 Å². The van der Waals surface area contributed by atoms with E-state index in [1.165, 1.54) is 19.2 Å². The molecule has 0 radical (unpaired) electrons. The van der Waals surface area contributed by atoms with Crippen LogP contribution in [0.1, 0.15) is 12.6 Å². The predicted octanol–water partition coefficient (Wildman–Crippen LogP) is 5.38. The van der Waals surface area contributed by atoms with Crippen molar-refractivity contribution in [3.63, 3.8) is 0 Å². The minimum Gasteiger partial charge on any atom is -0.483 e. The van der Waals surface area contributed by atoms with E-state index in [4.69, 9.17) is 21.2 Å². The van der Waals surface area contributed by atoms with E-state index in [2.05, 4.69) is 23.5 Å². The third-order valence-electron chi connectivity index (χ3n) is 4.73. The molecule has 164 valence electrons. The Kier molecular flexibility index (Phi) is 7.55. The fraction of sp³-hybridized carbons (Fsp3) is 0.261. The maximum absolute atomic E-state index is 14.0. The van der Waals surface area contributed by atoms with Crippen molar-refractivity contribution < 1.29 is 14.0 Å². The molecule has 8 heteroatoms. The number of para-hydroxylation sites is 1. The summed E-state index contributed by atoms with van der Waals surface area (Å²) in [6.07, 6.45) is 3.67. The lowest BCUT2D eigenvalue weighted by atomic mass is 10.2. The van der Waals surface area contributed by atoms with Crippen LogP contribution in [-0.4, -0.2) is 43.1 Å². The Morgan fingerprint density at radius 2 is 2.10 bits per heavy atom. The topological polar surface area (TPSA) is 51.0 Å². The van der Waals surface area contributed by atoms with Gasteiger partial charge in [0.2, 0.25) is 0 Å². The number of benzene rings is 2. The van der Waals surface area contributed by atoms with E-state index >= 15 is 0 Å². The van der Waals surface area contributed by atoms with Crippen LogP contribution in [0.4, 0.5) is 10.1 Å². The second-order valence-electron chi connectivity index (χ2n) is 7.02. The summed E-state index contributed by atoms with van der Waals surface area (Å²) in [7, 11) is 3.48. The first-order valence-electron chi connectivity index (χ1n) is 9.85. The summed E-state index contributed by atoms with van der Waals surface area (Å²) >= 11 is 6.05. The fourth-order valence-corrected chi connectivity index (χ4v) is 3.23. The second kappa shape index (κ2) is 10.3. The highest BCUT2D eigenvalue weighted by Crippen LogP contribution is 2.28. The summed E-state index contributed by atoms with van der Waals surface area (Å²) < 4.78 is 21.6. The molecule has 0 atom stereocenters. The summed E-state index contributed by atoms with van der Waals surface area (Å²) in [6, 6.07) is 12.5. The van der Waals surface area contributed by atoms with E-state index in [1.54, 1.807) is 6.07 Å². The first-order chi connectivity index (χ1) is 14.9. The number of halogens is 2. The summed E-state index contributed by atoms with van der Waals surface area (Å²) in [5.74, 6) is -0.518. The number of hydroxylamine groups is 1. The molecular weight excluding hydrogens is 419 g/mol. The highest BCUT2D eigenvalue weighted by molar-refractivity contribution is 6.32. The van der Waals surface area contributed by atoms with Crippen molar-refractivity contribution >= 4 is 40.7 Å². The van der Waals surface area contributed by atoms with Gasteiger partial charge in [0.15, 0.2) is 11.6 Å². The number of aryl methyl sites for hydroxylation is 1. The fourth-order valence-electron chi connectivity index (χ4n) is 3.01. The molecule has 0 saturated heterocycles. The van der Waals surface area contributed by atoms with Crippen molar-refractivity contribution in [2.75, 3.05) is 27.3 Å². The summed E-state index contributed by atoms with van der Waals surface area (Å²) in [5, 5.41) is 1.26. The Morgan fingerprint density at radius 3 is 2.81 bits per heavy atom. The molecule has 1 aromatic heterocycles. The number of fused-ring (bicyclic) bond motifs is 1. The molecule has 0 amide bonds. The molecule has 0 fully saturated rings. The minimum atomic E-state index is -0.520. The molecule has 0 bridgehead atoms. The van der Waals surface area contributed by atoms with Crippen molar-refractivity contribution in [1.82, 2.24) is 14.9 Å². The van der Waals surface area contributed by atoms with E-state index in [9.17, 15) is 4.39 Å². The molecule has 2 aromatic carbocycles. The smallest absolute Gasteiger partial charge is 0.174 e. The van der Waals surface area contributed by atoms with Crippen molar-refractivity contribution in [2.24, 2.45) is 4.99 Å². The highest BCUT2D eigenvalue weighted by Gasteiger charge is 2.11. The van der Waals surface area contributed by atoms with Crippen molar-refractivity contribution in [2.45, 2.75) is 13.8 Å². The van der Waals surface area contributed by atoms with Gasteiger partial charge < -0.3 is 14.2 Å². The Morgan fingerprint density at radius 1 is 1.29 bits per heavy atom. The van der Waals surface area contributed by atoms with Gasteiger partial charge in [-0.3, -0.25) is 10.3 Å². The van der Waals surface area contributed by atoms with Crippen LogP contribution < -0.4 is 10.2 Å². The second-order valence-corrected chi connectivity index (χ2v) is 7.42. The van der Waals surface area contributed by atoms with Crippen molar-refractivity contribution in [3.05, 3.63) is 64.7 Å². The number of hydrogen-bond donors (Lipinski definition) is 1. The van der Waals surface area contributed by atoms with Gasteiger partial charge in [-0.15, -0.1) is 0 Å². The molecule has 31 heavy (non-hydrogen) atoms. The number of nitrogens with zero attached hydrogens (tertiary/aromatic N) is 3. The zero-order valence-corrected chi connectivity index (χ0v) is 18.8. The largest absolute Gasteiger partial charge is 0.483 e. The molecule has 1 heterocycles. The van der Waals surface area contributed by atoms with E-state index in [1.807, 2.05) is 54.2 Å². The van der Waals surface area contributed by atoms with E-state index in [0.717, 1.165) is 28.8 Å². The van der Waals surface area contributed by atoms with Crippen LogP contribution in [0.15, 0.2) is 53.2 Å². The Labute approximate surface area is 186 Å². The van der Waals surface area contributed by atoms with Crippen molar-refractivity contribution in [3.8, 4) is 5.75 Å². The standard InChI is InChI=1S/C23H26ClFN4O2/c1-5-28(3)15-26-18-9-10-22-17(12-18)11-16(2)29(22)13-19(27-30-4)14-31-23-20(24)7-6-8-21(23)25/h6-13,15,27H,5,14H2,1-4H3. The average Bonchev–Trinajstić information content (AvgIpc) is 3.05. The summed E-state index contributed by atoms with van der Waals surface area (Å²) in [4.78, 5) is 11.6. The lowest BCUT2D eigenvalue weighted by molar-refractivity contribution is 0.108. The zero-order chi connectivity index (χ0) is 22.4. The Bertz CT molecular complexity index is 1090. The first-order valence-corrected chi connectivity index (χ1v) is 10.2. The van der Waals surface area contributed by atoms with E-state index < -0.39 is 5.82 Å². The monoisotopic (exact) mass is 444 g/mol. The lowest BCUT2D eigenvalue weighted by Gasteiger charge is -2.13. The quantitative estimate of drug-likeness (QED) is 0.273. The maximum Gasteiger partial charge on any atom is 0.174 e. The van der Waals surface area contributed by atoms with Crippen LogP contribution in [0.3, 0.4) is 0 Å². The van der Waals surface area contributed by atoms with Gasteiger partial charge in [-0.05, 0) is 50.2 Å². The van der Waals surface area contributed by atoms with Gasteiger partial charge in [-0.1, -0.05) is 17.7 Å². The number of ether oxygens (including phenoxy) is 1. The lowest BCUT2D eigenvalue weighted by Crippen LogP contribution is -2.19. The summed E-state index contributed by atoms with van der Waals surface area (Å²) in [5.41, 5.74) is 6.28. The number of rotatable bonds is 9. The predicted molar refractivity (Wildman–Crippen MR) is 124 cm³/mol. The highest BCUT2D eigenvalue weighted by atomic mass is 35.5. The van der Waals surface area contributed by atoms with E-state index in [-0.39, 0.29) is 17.4 Å². The molecule has 0 unspecified atom stereocenters. The molecule has 6 nitrogen and oxygen atoms in total. The van der Waals surface area contributed by atoms with Crippen LogP contribution >= 0.6 is 11.6 Å². The summed E-state index contributed by atoms with van der Waals surface area (Å²) in [6.45, 7) is 5.00. The number of aromatic nitrogens is 1. The van der Waals surface area contributed by atoms with Crippen LogP contribution in [0.2, 0.25) is 5.02 Å². The van der Waals surface area contributed by atoms with Gasteiger partial charge >= 0.3 is 0 Å². The average molecular weight is 445 g/mol. The van der Waals surface area contributed by atoms with Gasteiger partial charge in [0, 0.05) is 30.9 Å². The molecule has 0 saturated carbocycles. The van der Waals surface area contributed by atoms with Gasteiger partial charge in [-0.2, -0.15) is 0 Å². The van der Waals surface area contributed by atoms with Crippen LogP contribution in [0.25, 0.3) is 17.1 Å². The molecule has 0 spiro atoms. The van der Waals surface area contributed by atoms with Gasteiger partial charge in [0.1, 0.15) is 6.61 Å². The van der Waals surface area contributed by atoms with Crippen molar-refractivity contribution in [1.29, 1.82) is 0 Å². The first kappa shape index (κ1) is 22.7. The zero-order valence-electron chi connectivity index (χ0n) is 18.0. The van der Waals surface area contributed by atoms with E-state index in [0.29, 0.717) is 5.70 Å². The number of nitrogens with one attached hydrogen (secondary N) is 1. The maximum atomic E-state index is 14.0. The molecule has 1 N–H and O–H groups in total. The third kappa shape index (κ3) is 5.57. The molecule has 3 aromatic rings. The third-order valence-corrected chi connectivity index (χ3v) is 5.02. The molecule has 0 aliphatic carbocycles. The van der Waals surface area contributed by atoms with Crippen LogP contribution in [-0.2, 0) is 4.84 Å². The van der Waals surface area contributed by atoms with Crippen LogP contribution in [0, 0.1) is 12.7 Å².